The Kier molecular flexibility index (Phi) is 3.78. The molecule has 7 nitrogen and oxygen atoms in total. The van der Waals surface area contributed by atoms with Crippen LogP contribution in [0.1, 0.15) is 42.0 Å². The first-order valence-electron chi connectivity index (χ1n) is 9.24. The molecular formula is C20H20FN7. The first-order valence-corrected chi connectivity index (χ1v) is 9.24. The molecule has 3 aromatic heterocycles. The molecular weight excluding hydrogens is 357 g/mol. The van der Waals surface area contributed by atoms with E-state index < -0.39 is 6.17 Å². The van der Waals surface area contributed by atoms with Crippen LogP contribution in [0, 0.1) is 0 Å². The highest BCUT2D eigenvalue weighted by Gasteiger charge is 2.40. The Morgan fingerprint density at radius 3 is 2.96 bits per heavy atom. The van der Waals surface area contributed by atoms with Gasteiger partial charge in [0.2, 0.25) is 5.95 Å². The van der Waals surface area contributed by atoms with Gasteiger partial charge < -0.3 is 16.0 Å². The molecule has 1 aliphatic rings. The predicted molar refractivity (Wildman–Crippen MR) is 106 cm³/mol. The Bertz CT molecular complexity index is 1150. The van der Waals surface area contributed by atoms with E-state index >= 15 is 0 Å². The number of rotatable bonds is 5. The Morgan fingerprint density at radius 1 is 1.29 bits per heavy atom. The number of nitrogen functional groups attached to an aromatic ring is 1. The van der Waals surface area contributed by atoms with Crippen molar-refractivity contribution in [3.05, 3.63) is 59.5 Å². The number of halogens is 1. The van der Waals surface area contributed by atoms with Crippen LogP contribution in [-0.4, -0.2) is 31.3 Å². The molecule has 1 saturated carbocycles. The number of aromatic amines is 2. The molecule has 0 amide bonds. The number of nitrogens with one attached hydrogen (secondary N) is 3. The molecule has 1 fully saturated rings. The quantitative estimate of drug-likeness (QED) is 0.421. The van der Waals surface area contributed by atoms with Crippen LogP contribution < -0.4 is 11.1 Å². The van der Waals surface area contributed by atoms with E-state index in [4.69, 9.17) is 5.73 Å². The molecule has 3 atom stereocenters. The highest BCUT2D eigenvalue weighted by Crippen LogP contribution is 2.43. The summed E-state index contributed by atoms with van der Waals surface area (Å²) in [5, 5.41) is 11.5. The maximum Gasteiger partial charge on any atom is 0.221 e. The average Bonchev–Trinajstić information content (AvgIpc) is 3.09. The van der Waals surface area contributed by atoms with Crippen molar-refractivity contribution < 1.29 is 4.39 Å². The lowest BCUT2D eigenvalue weighted by Gasteiger charge is -2.16. The second-order valence-corrected chi connectivity index (χ2v) is 7.27. The number of fused-ring (bicyclic) bond motifs is 1. The fraction of sp³-hybridized carbons (Fsp3) is 0.250. The van der Waals surface area contributed by atoms with E-state index in [2.05, 4.69) is 55.6 Å². The Labute approximate surface area is 160 Å². The molecule has 0 bridgehead atoms. The van der Waals surface area contributed by atoms with Gasteiger partial charge in [-0.2, -0.15) is 10.1 Å². The summed E-state index contributed by atoms with van der Waals surface area (Å²) in [5.41, 5.74) is 9.76. The van der Waals surface area contributed by atoms with Crippen molar-refractivity contribution >= 4 is 28.5 Å². The van der Waals surface area contributed by atoms with Crippen molar-refractivity contribution in [2.24, 2.45) is 0 Å². The molecule has 5 rings (SSSR count). The summed E-state index contributed by atoms with van der Waals surface area (Å²) in [6.45, 7) is 2.10. The minimum absolute atomic E-state index is 0.0412. The summed E-state index contributed by atoms with van der Waals surface area (Å²) in [4.78, 5) is 11.8. The van der Waals surface area contributed by atoms with Gasteiger partial charge in [0.05, 0.1) is 0 Å². The summed E-state index contributed by atoms with van der Waals surface area (Å²) >= 11 is 0. The van der Waals surface area contributed by atoms with E-state index in [0.717, 1.165) is 27.7 Å². The van der Waals surface area contributed by atoms with Crippen LogP contribution >= 0.6 is 0 Å². The maximum absolute atomic E-state index is 13.3. The first kappa shape index (κ1) is 16.7. The number of hydrogen-bond donors (Lipinski definition) is 4. The second kappa shape index (κ2) is 6.33. The van der Waals surface area contributed by atoms with Gasteiger partial charge in [-0.15, -0.1) is 0 Å². The lowest BCUT2D eigenvalue weighted by atomic mass is 9.93. The predicted octanol–water partition coefficient (Wildman–Crippen LogP) is 3.98. The van der Waals surface area contributed by atoms with Crippen LogP contribution in [0.2, 0.25) is 0 Å². The van der Waals surface area contributed by atoms with Crippen molar-refractivity contribution in [1.82, 2.24) is 25.1 Å². The third-order valence-electron chi connectivity index (χ3n) is 5.34. The summed E-state index contributed by atoms with van der Waals surface area (Å²) in [6, 6.07) is 10.2. The van der Waals surface area contributed by atoms with Gasteiger partial charge in [-0.1, -0.05) is 13.0 Å². The number of nitrogens with zero attached hydrogens (tertiary/aromatic N) is 3. The van der Waals surface area contributed by atoms with Crippen molar-refractivity contribution in [2.45, 2.75) is 31.4 Å². The van der Waals surface area contributed by atoms with Crippen molar-refractivity contribution in [3.8, 4) is 0 Å². The lowest BCUT2D eigenvalue weighted by Crippen LogP contribution is -2.07. The molecule has 3 heterocycles. The van der Waals surface area contributed by atoms with E-state index in [1.807, 2.05) is 18.3 Å². The molecule has 0 unspecified atom stereocenters. The molecule has 5 N–H and O–H groups in total. The Hall–Kier alpha value is -3.42. The number of benzene rings is 1. The van der Waals surface area contributed by atoms with Crippen LogP contribution in [0.3, 0.4) is 0 Å². The third-order valence-corrected chi connectivity index (χ3v) is 5.34. The van der Waals surface area contributed by atoms with Crippen molar-refractivity contribution in [1.29, 1.82) is 0 Å². The van der Waals surface area contributed by atoms with E-state index in [1.165, 1.54) is 0 Å². The Morgan fingerprint density at radius 2 is 2.14 bits per heavy atom. The van der Waals surface area contributed by atoms with Gasteiger partial charge in [-0.3, -0.25) is 5.10 Å². The highest BCUT2D eigenvalue weighted by molar-refractivity contribution is 5.80. The lowest BCUT2D eigenvalue weighted by molar-refractivity contribution is 0.466. The molecule has 1 aliphatic carbocycles. The zero-order chi connectivity index (χ0) is 19.3. The molecule has 0 saturated heterocycles. The van der Waals surface area contributed by atoms with Gasteiger partial charge in [0, 0.05) is 47.1 Å². The molecule has 142 valence electrons. The molecule has 28 heavy (non-hydrogen) atoms. The van der Waals surface area contributed by atoms with Crippen LogP contribution in [-0.2, 0) is 0 Å². The molecule has 0 radical (unpaired) electrons. The molecule has 8 heteroatoms. The smallest absolute Gasteiger partial charge is 0.221 e. The van der Waals surface area contributed by atoms with E-state index in [1.54, 1.807) is 6.20 Å². The minimum atomic E-state index is -0.776. The fourth-order valence-electron chi connectivity index (χ4n) is 3.54. The van der Waals surface area contributed by atoms with Gasteiger partial charge in [-0.25, -0.2) is 9.37 Å². The second-order valence-electron chi connectivity index (χ2n) is 7.27. The summed E-state index contributed by atoms with van der Waals surface area (Å²) in [6.07, 6.45) is 3.44. The van der Waals surface area contributed by atoms with Gasteiger partial charge in [0.15, 0.2) is 5.82 Å². The van der Waals surface area contributed by atoms with Crippen molar-refractivity contribution in [3.63, 3.8) is 0 Å². The number of aromatic nitrogens is 5. The van der Waals surface area contributed by atoms with E-state index in [-0.39, 0.29) is 17.8 Å². The summed E-state index contributed by atoms with van der Waals surface area (Å²) in [7, 11) is 0. The number of hydrogen-bond acceptors (Lipinski definition) is 5. The largest absolute Gasteiger partial charge is 0.368 e. The molecule has 0 aliphatic heterocycles. The summed E-state index contributed by atoms with van der Waals surface area (Å²) in [5.74, 6) is 1.33. The zero-order valence-corrected chi connectivity index (χ0v) is 15.3. The number of alkyl halides is 1. The van der Waals surface area contributed by atoms with Crippen LogP contribution in [0.15, 0.2) is 42.7 Å². The first-order chi connectivity index (χ1) is 13.6. The van der Waals surface area contributed by atoms with Gasteiger partial charge in [0.1, 0.15) is 12.0 Å². The Balaban J connectivity index is 1.46. The highest BCUT2D eigenvalue weighted by atomic mass is 19.1. The van der Waals surface area contributed by atoms with E-state index in [9.17, 15) is 4.39 Å². The number of nitrogens with two attached hydrogens (primary N) is 1. The number of anilines is 3. The minimum Gasteiger partial charge on any atom is -0.368 e. The zero-order valence-electron chi connectivity index (χ0n) is 15.3. The van der Waals surface area contributed by atoms with Crippen LogP contribution in [0.25, 0.3) is 10.9 Å². The fourth-order valence-corrected chi connectivity index (χ4v) is 3.54. The van der Waals surface area contributed by atoms with Gasteiger partial charge in [-0.05, 0) is 35.6 Å². The van der Waals surface area contributed by atoms with Crippen LogP contribution in [0.4, 0.5) is 22.0 Å². The summed E-state index contributed by atoms with van der Waals surface area (Å²) < 4.78 is 13.3. The van der Waals surface area contributed by atoms with Crippen molar-refractivity contribution in [2.75, 3.05) is 11.1 Å². The maximum atomic E-state index is 13.3. The molecule has 4 aromatic rings. The van der Waals surface area contributed by atoms with Gasteiger partial charge >= 0.3 is 0 Å². The normalized spacial score (nSPS) is 19.6. The monoisotopic (exact) mass is 377 g/mol. The third kappa shape index (κ3) is 2.96. The van der Waals surface area contributed by atoms with Gasteiger partial charge in [0.25, 0.3) is 0 Å². The topological polar surface area (TPSA) is 108 Å². The molecule has 1 aromatic carbocycles. The molecule has 0 spiro atoms. The standard InChI is InChI=1S/C20H20FN7/c1-10(11-2-3-16-12(6-11)4-5-23-16)14-9-24-20(22)26-19(14)25-18-8-17(27-28-18)13-7-15(13)21/h2-6,8-10,13,15,23H,7H2,1H3,(H4,22,24,25,26,27,28)/t10-,13+,15-/m0/s1. The SMILES string of the molecule is C[C@@H](c1ccc2[nH]ccc2c1)c1cnc(N)nc1Nc1cc([C@@H]2C[C@@H]2F)[nH]n1. The number of H-pyrrole nitrogens is 2. The van der Waals surface area contributed by atoms with E-state index in [0.29, 0.717) is 18.1 Å². The van der Waals surface area contributed by atoms with Crippen LogP contribution in [0.5, 0.6) is 0 Å². The average molecular weight is 377 g/mol.